The molecule has 0 atom stereocenters. The van der Waals surface area contributed by atoms with Crippen molar-refractivity contribution in [1.82, 2.24) is 10.1 Å². The van der Waals surface area contributed by atoms with Crippen LogP contribution in [-0.4, -0.2) is 23.2 Å². The van der Waals surface area contributed by atoms with Gasteiger partial charge in [0.1, 0.15) is 10.6 Å². The van der Waals surface area contributed by atoms with Gasteiger partial charge in [-0.3, -0.25) is 4.79 Å². The zero-order chi connectivity index (χ0) is 15.5. The minimum Gasteiger partial charge on any atom is -0.497 e. The Morgan fingerprint density at radius 3 is 2.68 bits per heavy atom. The molecule has 112 valence electrons. The monoisotopic (exact) mass is 315 g/mol. The molecule has 0 saturated heterocycles. The standard InChI is InChI=1S/C15H13N3O3S/c1-9-16-15(21-18-9)13-12(7-8-22-13)17-14(19)10-3-5-11(20-2)6-4-10/h3-8H,1-2H3,(H,17,19). The van der Waals surface area contributed by atoms with E-state index in [4.69, 9.17) is 9.26 Å². The lowest BCUT2D eigenvalue weighted by Gasteiger charge is -2.05. The van der Waals surface area contributed by atoms with Crippen LogP contribution in [0.2, 0.25) is 0 Å². The number of aryl methyl sites for hydroxylation is 1. The molecular formula is C15H13N3O3S. The van der Waals surface area contributed by atoms with Crippen molar-refractivity contribution >= 4 is 22.9 Å². The van der Waals surface area contributed by atoms with Crippen molar-refractivity contribution in [2.75, 3.05) is 12.4 Å². The average Bonchev–Trinajstić information content (AvgIpc) is 3.16. The molecule has 0 saturated carbocycles. The fourth-order valence-electron chi connectivity index (χ4n) is 1.90. The highest BCUT2D eigenvalue weighted by atomic mass is 32.1. The molecule has 0 aliphatic heterocycles. The second kappa shape index (κ2) is 5.98. The largest absolute Gasteiger partial charge is 0.497 e. The quantitative estimate of drug-likeness (QED) is 0.798. The number of benzene rings is 1. The van der Waals surface area contributed by atoms with E-state index >= 15 is 0 Å². The van der Waals surface area contributed by atoms with Crippen LogP contribution in [0.25, 0.3) is 10.8 Å². The highest BCUT2D eigenvalue weighted by molar-refractivity contribution is 7.14. The fourth-order valence-corrected chi connectivity index (χ4v) is 2.67. The topological polar surface area (TPSA) is 77.2 Å². The van der Waals surface area contributed by atoms with Gasteiger partial charge in [0.15, 0.2) is 5.82 Å². The van der Waals surface area contributed by atoms with Crippen molar-refractivity contribution < 1.29 is 14.1 Å². The number of methoxy groups -OCH3 is 1. The fraction of sp³-hybridized carbons (Fsp3) is 0.133. The van der Waals surface area contributed by atoms with Crippen LogP contribution in [0, 0.1) is 6.92 Å². The molecule has 3 aromatic rings. The van der Waals surface area contributed by atoms with Gasteiger partial charge in [0.2, 0.25) is 0 Å². The number of rotatable bonds is 4. The van der Waals surface area contributed by atoms with Gasteiger partial charge >= 0.3 is 0 Å². The van der Waals surface area contributed by atoms with E-state index in [1.165, 1.54) is 11.3 Å². The molecule has 7 heteroatoms. The Bertz CT molecular complexity index is 792. The maximum atomic E-state index is 12.3. The number of carbonyl (C=O) groups is 1. The van der Waals surface area contributed by atoms with Gasteiger partial charge in [-0.1, -0.05) is 5.16 Å². The van der Waals surface area contributed by atoms with Crippen molar-refractivity contribution in [2.45, 2.75) is 6.92 Å². The number of amides is 1. The number of hydrogen-bond donors (Lipinski definition) is 1. The lowest BCUT2D eigenvalue weighted by molar-refractivity contribution is 0.102. The van der Waals surface area contributed by atoms with Crippen molar-refractivity contribution in [2.24, 2.45) is 0 Å². The predicted molar refractivity (Wildman–Crippen MR) is 83.3 cm³/mol. The SMILES string of the molecule is COc1ccc(C(=O)Nc2ccsc2-c2nc(C)no2)cc1. The number of carbonyl (C=O) groups excluding carboxylic acids is 1. The summed E-state index contributed by atoms with van der Waals surface area (Å²) in [6.07, 6.45) is 0. The third kappa shape index (κ3) is 2.84. The van der Waals surface area contributed by atoms with Gasteiger partial charge in [0.25, 0.3) is 11.8 Å². The Kier molecular flexibility index (Phi) is 3.88. The van der Waals surface area contributed by atoms with E-state index in [0.717, 1.165) is 4.88 Å². The Morgan fingerprint density at radius 2 is 2.05 bits per heavy atom. The van der Waals surface area contributed by atoms with Crippen molar-refractivity contribution in [1.29, 1.82) is 0 Å². The highest BCUT2D eigenvalue weighted by Gasteiger charge is 2.16. The first-order valence-electron chi connectivity index (χ1n) is 6.51. The Hall–Kier alpha value is -2.67. The second-order valence-electron chi connectivity index (χ2n) is 4.49. The lowest BCUT2D eigenvalue weighted by Crippen LogP contribution is -2.11. The van der Waals surface area contributed by atoms with Gasteiger partial charge in [-0.05, 0) is 42.6 Å². The molecule has 2 aromatic heterocycles. The van der Waals surface area contributed by atoms with E-state index in [-0.39, 0.29) is 5.91 Å². The second-order valence-corrected chi connectivity index (χ2v) is 5.41. The summed E-state index contributed by atoms with van der Waals surface area (Å²) in [5.74, 6) is 1.45. The minimum absolute atomic E-state index is 0.210. The average molecular weight is 315 g/mol. The molecule has 1 amide bonds. The molecule has 22 heavy (non-hydrogen) atoms. The number of anilines is 1. The number of nitrogens with zero attached hydrogens (tertiary/aromatic N) is 2. The van der Waals surface area contributed by atoms with Gasteiger partial charge in [-0.15, -0.1) is 11.3 Å². The number of aromatic nitrogens is 2. The van der Waals surface area contributed by atoms with Crippen LogP contribution in [0.15, 0.2) is 40.2 Å². The van der Waals surface area contributed by atoms with E-state index in [0.29, 0.717) is 28.7 Å². The number of nitrogens with one attached hydrogen (secondary N) is 1. The molecule has 0 spiro atoms. The minimum atomic E-state index is -0.210. The summed E-state index contributed by atoms with van der Waals surface area (Å²) in [6.45, 7) is 1.75. The molecule has 0 aliphatic rings. The molecule has 0 aliphatic carbocycles. The number of hydrogen-bond acceptors (Lipinski definition) is 6. The van der Waals surface area contributed by atoms with Crippen LogP contribution in [0.4, 0.5) is 5.69 Å². The Morgan fingerprint density at radius 1 is 1.27 bits per heavy atom. The van der Waals surface area contributed by atoms with Crippen LogP contribution in [0.3, 0.4) is 0 Å². The first kappa shape index (κ1) is 14.3. The highest BCUT2D eigenvalue weighted by Crippen LogP contribution is 2.32. The summed E-state index contributed by atoms with van der Waals surface area (Å²) < 4.78 is 10.2. The molecule has 2 heterocycles. The van der Waals surface area contributed by atoms with Crippen LogP contribution < -0.4 is 10.1 Å². The number of ether oxygens (including phenoxy) is 1. The summed E-state index contributed by atoms with van der Waals surface area (Å²) >= 11 is 1.43. The van der Waals surface area contributed by atoms with Crippen LogP contribution in [0.1, 0.15) is 16.2 Å². The van der Waals surface area contributed by atoms with E-state index in [1.54, 1.807) is 44.4 Å². The zero-order valence-corrected chi connectivity index (χ0v) is 12.8. The molecule has 1 aromatic carbocycles. The maximum absolute atomic E-state index is 12.3. The molecule has 3 rings (SSSR count). The molecule has 0 fully saturated rings. The summed E-state index contributed by atoms with van der Waals surface area (Å²) in [4.78, 5) is 17.2. The third-order valence-corrected chi connectivity index (χ3v) is 3.89. The number of thiophene rings is 1. The lowest BCUT2D eigenvalue weighted by atomic mass is 10.2. The van der Waals surface area contributed by atoms with Crippen molar-refractivity contribution in [3.8, 4) is 16.5 Å². The van der Waals surface area contributed by atoms with Crippen molar-refractivity contribution in [3.63, 3.8) is 0 Å². The summed E-state index contributed by atoms with van der Waals surface area (Å²) in [6, 6.07) is 8.70. The zero-order valence-electron chi connectivity index (χ0n) is 12.0. The smallest absolute Gasteiger partial charge is 0.270 e. The summed E-state index contributed by atoms with van der Waals surface area (Å²) in [5, 5.41) is 8.48. The van der Waals surface area contributed by atoms with Gasteiger partial charge in [-0.25, -0.2) is 0 Å². The Balaban J connectivity index is 1.81. The van der Waals surface area contributed by atoms with Gasteiger partial charge < -0.3 is 14.6 Å². The summed E-state index contributed by atoms with van der Waals surface area (Å²) in [7, 11) is 1.58. The van der Waals surface area contributed by atoms with Gasteiger partial charge in [-0.2, -0.15) is 4.98 Å². The molecular weight excluding hydrogens is 302 g/mol. The molecule has 1 N–H and O–H groups in total. The van der Waals surface area contributed by atoms with E-state index in [1.807, 2.05) is 5.38 Å². The first-order chi connectivity index (χ1) is 10.7. The third-order valence-electron chi connectivity index (χ3n) is 2.99. The van der Waals surface area contributed by atoms with E-state index in [2.05, 4.69) is 15.5 Å². The summed E-state index contributed by atoms with van der Waals surface area (Å²) in [5.41, 5.74) is 1.19. The van der Waals surface area contributed by atoms with Crippen LogP contribution in [-0.2, 0) is 0 Å². The molecule has 0 radical (unpaired) electrons. The molecule has 6 nitrogen and oxygen atoms in total. The van der Waals surface area contributed by atoms with E-state index in [9.17, 15) is 4.79 Å². The van der Waals surface area contributed by atoms with E-state index < -0.39 is 0 Å². The first-order valence-corrected chi connectivity index (χ1v) is 7.39. The van der Waals surface area contributed by atoms with Gasteiger partial charge in [0.05, 0.1) is 12.8 Å². The van der Waals surface area contributed by atoms with Crippen LogP contribution >= 0.6 is 11.3 Å². The maximum Gasteiger partial charge on any atom is 0.270 e. The van der Waals surface area contributed by atoms with Gasteiger partial charge in [0, 0.05) is 5.56 Å². The molecule has 0 unspecified atom stereocenters. The Labute approximate surface area is 130 Å². The predicted octanol–water partition coefficient (Wildman–Crippen LogP) is 3.37. The van der Waals surface area contributed by atoms with Crippen LogP contribution in [0.5, 0.6) is 5.75 Å². The van der Waals surface area contributed by atoms with Crippen molar-refractivity contribution in [3.05, 3.63) is 47.1 Å². The normalized spacial score (nSPS) is 10.5. The molecule has 0 bridgehead atoms.